The van der Waals surface area contributed by atoms with Gasteiger partial charge in [0.15, 0.2) is 0 Å². The highest BCUT2D eigenvalue weighted by molar-refractivity contribution is 6.15. The van der Waals surface area contributed by atoms with E-state index in [2.05, 4.69) is 132 Å². The van der Waals surface area contributed by atoms with Crippen molar-refractivity contribution >= 4 is 65.4 Å². The van der Waals surface area contributed by atoms with Gasteiger partial charge in [-0.25, -0.2) is 9.97 Å². The Morgan fingerprint density at radius 2 is 0.871 bits per heavy atom. The Balaban J connectivity index is 1.11. The fourth-order valence-corrected chi connectivity index (χ4v) is 10.4. The lowest BCUT2D eigenvalue weighted by Crippen LogP contribution is -2.21. The SMILES string of the molecule is CC1(C)c2cc3c(cc2-c2cc4c5ccccc5n(-c5nc(-c6ccccc6)c6c(=O)n(-c7ccccc7)c7ccccc7c6n5)c4cc21)c1ccccc1n3-c1ccccc1. The minimum atomic E-state index is -0.315. The molecule has 6 heteroatoms. The molecule has 1 aliphatic rings. The number of fused-ring (bicyclic) bond motifs is 12. The van der Waals surface area contributed by atoms with E-state index in [1.54, 1.807) is 4.57 Å². The van der Waals surface area contributed by atoms with Crippen molar-refractivity contribution in [3.8, 4) is 39.7 Å². The van der Waals surface area contributed by atoms with Crippen LogP contribution in [-0.4, -0.2) is 23.7 Å². The zero-order valence-corrected chi connectivity index (χ0v) is 34.0. The van der Waals surface area contributed by atoms with E-state index in [1.807, 2.05) is 78.9 Å². The van der Waals surface area contributed by atoms with Crippen molar-refractivity contribution < 1.29 is 0 Å². The maximum atomic E-state index is 15.0. The zero-order valence-electron chi connectivity index (χ0n) is 34.0. The molecule has 62 heavy (non-hydrogen) atoms. The van der Waals surface area contributed by atoms with Crippen molar-refractivity contribution in [3.05, 3.63) is 210 Å². The number of hydrogen-bond donors (Lipinski definition) is 0. The van der Waals surface area contributed by atoms with Crippen molar-refractivity contribution in [3.63, 3.8) is 0 Å². The number of hydrogen-bond acceptors (Lipinski definition) is 3. The predicted molar refractivity (Wildman–Crippen MR) is 254 cm³/mol. The average Bonchev–Trinajstić information content (AvgIpc) is 3.90. The molecule has 0 saturated carbocycles. The summed E-state index contributed by atoms with van der Waals surface area (Å²) in [5.74, 6) is 0.520. The van der Waals surface area contributed by atoms with Crippen LogP contribution in [0.15, 0.2) is 193 Å². The van der Waals surface area contributed by atoms with Crippen LogP contribution >= 0.6 is 0 Å². The van der Waals surface area contributed by atoms with Gasteiger partial charge in [0.05, 0.1) is 44.2 Å². The number of aromatic nitrogens is 5. The first-order valence-electron chi connectivity index (χ1n) is 21.1. The predicted octanol–water partition coefficient (Wildman–Crippen LogP) is 13.1. The van der Waals surface area contributed by atoms with Crippen molar-refractivity contribution in [1.29, 1.82) is 0 Å². The standard InChI is InChI=1S/C56H37N5O/c1-56(2)44-32-49-42(37-24-12-15-27-46(37)59(49)35-20-8-4-9-21-35)30-40(44)41-31-43-38-25-13-16-28-47(38)61(50(43)33-45(41)56)55-57-52(34-18-6-3-7-19-34)51-53(58-55)39-26-14-17-29-48(39)60(54(51)62)36-22-10-5-11-23-36/h3-33H,1-2H3. The molecular formula is C56H37N5O. The molecule has 4 aromatic heterocycles. The molecule has 292 valence electrons. The van der Waals surface area contributed by atoms with Crippen LogP contribution < -0.4 is 5.56 Å². The highest BCUT2D eigenvalue weighted by atomic mass is 16.1. The fourth-order valence-electron chi connectivity index (χ4n) is 10.4. The largest absolute Gasteiger partial charge is 0.309 e. The number of rotatable bonds is 4. The van der Waals surface area contributed by atoms with Gasteiger partial charge in [-0.3, -0.25) is 13.9 Å². The molecule has 0 fully saturated rings. The number of nitrogens with zero attached hydrogens (tertiary/aromatic N) is 5. The second kappa shape index (κ2) is 12.7. The summed E-state index contributed by atoms with van der Waals surface area (Å²) in [6.07, 6.45) is 0. The molecule has 0 N–H and O–H groups in total. The van der Waals surface area contributed by atoms with E-state index in [0.717, 1.165) is 49.6 Å². The van der Waals surface area contributed by atoms with E-state index >= 15 is 0 Å². The summed E-state index contributed by atoms with van der Waals surface area (Å²) in [4.78, 5) is 25.8. The monoisotopic (exact) mass is 795 g/mol. The van der Waals surface area contributed by atoms with Crippen molar-refractivity contribution in [2.24, 2.45) is 0 Å². The molecule has 0 saturated heterocycles. The molecule has 6 nitrogen and oxygen atoms in total. The molecule has 0 aliphatic heterocycles. The van der Waals surface area contributed by atoms with E-state index in [4.69, 9.17) is 9.97 Å². The molecule has 0 unspecified atom stereocenters. The van der Waals surface area contributed by atoms with Crippen molar-refractivity contribution in [2.75, 3.05) is 0 Å². The van der Waals surface area contributed by atoms with Gasteiger partial charge in [0.2, 0.25) is 5.95 Å². The molecule has 0 spiro atoms. The van der Waals surface area contributed by atoms with Gasteiger partial charge in [0.25, 0.3) is 5.56 Å². The highest BCUT2D eigenvalue weighted by Gasteiger charge is 2.38. The molecule has 0 amide bonds. The summed E-state index contributed by atoms with van der Waals surface area (Å²) < 4.78 is 6.41. The Morgan fingerprint density at radius 3 is 1.45 bits per heavy atom. The normalized spacial score (nSPS) is 13.2. The summed E-state index contributed by atoms with van der Waals surface area (Å²) in [7, 11) is 0. The Bertz CT molecular complexity index is 3900. The quantitative estimate of drug-likeness (QED) is 0.167. The van der Waals surface area contributed by atoms with Gasteiger partial charge in [-0.15, -0.1) is 0 Å². The minimum absolute atomic E-state index is 0.157. The smallest absolute Gasteiger partial charge is 0.267 e. The van der Waals surface area contributed by atoms with Crippen molar-refractivity contribution in [2.45, 2.75) is 19.3 Å². The number of benzene rings is 8. The zero-order chi connectivity index (χ0) is 41.3. The van der Waals surface area contributed by atoms with Crippen molar-refractivity contribution in [1.82, 2.24) is 23.7 Å². The van der Waals surface area contributed by atoms with Gasteiger partial charge >= 0.3 is 0 Å². The van der Waals surface area contributed by atoms with Gasteiger partial charge in [-0.2, -0.15) is 0 Å². The maximum Gasteiger partial charge on any atom is 0.267 e. The van der Waals surface area contributed by atoms with E-state index < -0.39 is 0 Å². The highest BCUT2D eigenvalue weighted by Crippen LogP contribution is 2.53. The Kier molecular flexibility index (Phi) is 7.12. The van der Waals surface area contributed by atoms with Gasteiger partial charge in [-0.05, 0) is 89.0 Å². The number of para-hydroxylation sites is 5. The Morgan fingerprint density at radius 1 is 0.419 bits per heavy atom. The van der Waals surface area contributed by atoms with Crippen LogP contribution in [0.4, 0.5) is 0 Å². The average molecular weight is 796 g/mol. The minimum Gasteiger partial charge on any atom is -0.309 e. The molecule has 12 aromatic rings. The van der Waals surface area contributed by atoms with Crippen LogP contribution in [0.1, 0.15) is 25.0 Å². The van der Waals surface area contributed by atoms with Gasteiger partial charge in [0, 0.05) is 49.3 Å². The van der Waals surface area contributed by atoms with Crippen LogP contribution in [0.3, 0.4) is 0 Å². The maximum absolute atomic E-state index is 15.0. The summed E-state index contributed by atoms with van der Waals surface area (Å²) in [6.45, 7) is 4.70. The number of pyridine rings is 1. The lowest BCUT2D eigenvalue weighted by molar-refractivity contribution is 0.661. The first-order valence-corrected chi connectivity index (χ1v) is 21.1. The summed E-state index contributed by atoms with van der Waals surface area (Å²) >= 11 is 0. The molecule has 13 rings (SSSR count). The van der Waals surface area contributed by atoms with Gasteiger partial charge in [-0.1, -0.05) is 135 Å². The molecule has 0 radical (unpaired) electrons. The van der Waals surface area contributed by atoms with E-state index in [1.165, 1.54) is 44.1 Å². The van der Waals surface area contributed by atoms with E-state index in [0.29, 0.717) is 22.5 Å². The lowest BCUT2D eigenvalue weighted by Gasteiger charge is -2.22. The molecule has 0 bridgehead atoms. The summed E-state index contributed by atoms with van der Waals surface area (Å²) in [5, 5.41) is 6.09. The molecule has 4 heterocycles. The molecule has 8 aromatic carbocycles. The third kappa shape index (κ3) is 4.72. The molecule has 1 aliphatic carbocycles. The lowest BCUT2D eigenvalue weighted by atomic mass is 9.82. The van der Waals surface area contributed by atoms with E-state index in [9.17, 15) is 4.79 Å². The fraction of sp³-hybridized carbons (Fsp3) is 0.0536. The third-order valence-corrected chi connectivity index (χ3v) is 13.3. The van der Waals surface area contributed by atoms with E-state index in [-0.39, 0.29) is 11.0 Å². The topological polar surface area (TPSA) is 57.6 Å². The van der Waals surface area contributed by atoms with Gasteiger partial charge < -0.3 is 4.57 Å². The van der Waals surface area contributed by atoms with Crippen LogP contribution in [0.2, 0.25) is 0 Å². The van der Waals surface area contributed by atoms with Crippen LogP contribution in [0.5, 0.6) is 0 Å². The second-order valence-electron chi connectivity index (χ2n) is 17.0. The summed E-state index contributed by atoms with van der Waals surface area (Å²) in [6, 6.07) is 65.5. The van der Waals surface area contributed by atoms with Crippen LogP contribution in [-0.2, 0) is 5.41 Å². The summed E-state index contributed by atoms with van der Waals surface area (Å²) in [5.41, 5.74) is 13.8. The molecule has 0 atom stereocenters. The first-order chi connectivity index (χ1) is 30.5. The Labute approximate surface area is 356 Å². The third-order valence-electron chi connectivity index (χ3n) is 13.3. The second-order valence-corrected chi connectivity index (χ2v) is 17.0. The van der Waals surface area contributed by atoms with Gasteiger partial charge in [0.1, 0.15) is 0 Å². The van der Waals surface area contributed by atoms with Crippen LogP contribution in [0.25, 0.3) is 105 Å². The first kappa shape index (κ1) is 34.7. The molecular weight excluding hydrogens is 759 g/mol. The van der Waals surface area contributed by atoms with Crippen LogP contribution in [0, 0.1) is 0 Å². The Hall–Kier alpha value is -8.09.